The van der Waals surface area contributed by atoms with E-state index in [0.29, 0.717) is 10.0 Å². The monoisotopic (exact) mass is 438 g/mol. The highest BCUT2D eigenvalue weighted by molar-refractivity contribution is 7.99. The fourth-order valence-electron chi connectivity index (χ4n) is 2.65. The molecule has 0 saturated carbocycles. The molecule has 0 unspecified atom stereocenters. The fourth-order valence-corrected chi connectivity index (χ4v) is 3.99. The van der Waals surface area contributed by atoms with E-state index in [0.717, 1.165) is 16.9 Å². The molecule has 0 fully saturated rings. The molecule has 2 rings (SSSR count). The normalized spacial score (nSPS) is 11.8. The van der Waals surface area contributed by atoms with Crippen LogP contribution in [-0.2, 0) is 21.9 Å². The molecule has 0 saturated heterocycles. The molecule has 150 valence electrons. The number of benzene rings is 2. The Labute approximate surface area is 180 Å². The van der Waals surface area contributed by atoms with Crippen LogP contribution in [-0.4, -0.2) is 35.6 Å². The minimum absolute atomic E-state index is 0.112. The number of nitrogens with zero attached hydrogens (tertiary/aromatic N) is 1. The lowest BCUT2D eigenvalue weighted by molar-refractivity contribution is -0.138. The summed E-state index contributed by atoms with van der Waals surface area (Å²) >= 11 is 13.7. The van der Waals surface area contributed by atoms with Crippen molar-refractivity contribution in [1.29, 1.82) is 0 Å². The van der Waals surface area contributed by atoms with Gasteiger partial charge in [-0.2, -0.15) is 0 Å². The number of carbonyl (C=O) groups excluding carboxylic acids is 2. The summed E-state index contributed by atoms with van der Waals surface area (Å²) in [6.07, 6.45) is 0. The summed E-state index contributed by atoms with van der Waals surface area (Å²) in [5, 5.41) is 3.60. The van der Waals surface area contributed by atoms with Crippen molar-refractivity contribution < 1.29 is 9.59 Å². The van der Waals surface area contributed by atoms with Crippen LogP contribution in [0.25, 0.3) is 0 Å². The summed E-state index contributed by atoms with van der Waals surface area (Å²) in [7, 11) is 1.56. The van der Waals surface area contributed by atoms with Gasteiger partial charge >= 0.3 is 0 Å². The van der Waals surface area contributed by atoms with Gasteiger partial charge in [-0.05, 0) is 37.1 Å². The molecule has 7 heteroatoms. The first-order valence-electron chi connectivity index (χ1n) is 8.90. The minimum atomic E-state index is -0.607. The SMILES string of the molecule is CNC(=O)[C@@H](C)N(Cc1ccc(Cl)cc1Cl)C(=O)CSCc1ccc(C)cc1. The zero-order valence-electron chi connectivity index (χ0n) is 16.2. The Morgan fingerprint density at radius 2 is 1.82 bits per heavy atom. The Hall–Kier alpha value is -1.69. The molecule has 0 aromatic heterocycles. The van der Waals surface area contributed by atoms with Gasteiger partial charge in [-0.1, -0.05) is 59.1 Å². The molecule has 1 atom stereocenters. The van der Waals surface area contributed by atoms with Crippen molar-refractivity contribution in [2.45, 2.75) is 32.2 Å². The number of carbonyl (C=O) groups is 2. The predicted molar refractivity (Wildman–Crippen MR) is 118 cm³/mol. The van der Waals surface area contributed by atoms with E-state index >= 15 is 0 Å². The molecule has 28 heavy (non-hydrogen) atoms. The van der Waals surface area contributed by atoms with E-state index in [2.05, 4.69) is 29.6 Å². The Morgan fingerprint density at radius 3 is 2.43 bits per heavy atom. The van der Waals surface area contributed by atoms with E-state index in [4.69, 9.17) is 23.2 Å². The molecule has 2 aromatic rings. The summed E-state index contributed by atoms with van der Waals surface area (Å²) in [6.45, 7) is 4.00. The second-order valence-electron chi connectivity index (χ2n) is 6.53. The van der Waals surface area contributed by atoms with Crippen LogP contribution in [0.4, 0.5) is 0 Å². The Balaban J connectivity index is 2.07. The van der Waals surface area contributed by atoms with Crippen LogP contribution in [0.1, 0.15) is 23.6 Å². The molecular weight excluding hydrogens is 415 g/mol. The molecule has 2 amide bonds. The molecule has 2 aromatic carbocycles. The van der Waals surface area contributed by atoms with Gasteiger partial charge in [0.1, 0.15) is 6.04 Å². The second kappa shape index (κ2) is 10.7. The van der Waals surface area contributed by atoms with Crippen molar-refractivity contribution in [2.24, 2.45) is 0 Å². The standard InChI is InChI=1S/C21H24Cl2N2O2S/c1-14-4-6-16(7-5-14)12-28-13-20(26)25(15(2)21(27)24-3)11-17-8-9-18(22)10-19(17)23/h4-10,15H,11-13H2,1-3H3,(H,24,27)/t15-/m1/s1. The van der Waals surface area contributed by atoms with Gasteiger partial charge < -0.3 is 10.2 Å². The smallest absolute Gasteiger partial charge is 0.242 e. The van der Waals surface area contributed by atoms with Crippen molar-refractivity contribution in [3.8, 4) is 0 Å². The largest absolute Gasteiger partial charge is 0.357 e. The van der Waals surface area contributed by atoms with E-state index < -0.39 is 6.04 Å². The summed E-state index contributed by atoms with van der Waals surface area (Å²) in [5.74, 6) is 0.678. The molecule has 0 aliphatic heterocycles. The van der Waals surface area contributed by atoms with Crippen LogP contribution >= 0.6 is 35.0 Å². The van der Waals surface area contributed by atoms with Gasteiger partial charge in [0, 0.05) is 29.4 Å². The first-order chi connectivity index (χ1) is 13.3. The maximum atomic E-state index is 12.9. The minimum Gasteiger partial charge on any atom is -0.357 e. The fraction of sp³-hybridized carbons (Fsp3) is 0.333. The highest BCUT2D eigenvalue weighted by atomic mass is 35.5. The van der Waals surface area contributed by atoms with E-state index in [1.54, 1.807) is 37.1 Å². The lowest BCUT2D eigenvalue weighted by Gasteiger charge is -2.28. The van der Waals surface area contributed by atoms with Gasteiger partial charge in [-0.3, -0.25) is 9.59 Å². The summed E-state index contributed by atoms with van der Waals surface area (Å²) in [4.78, 5) is 26.6. The first kappa shape index (κ1) is 22.6. The predicted octanol–water partition coefficient (Wildman–Crippen LogP) is 4.70. The number of rotatable bonds is 8. The molecule has 0 aliphatic carbocycles. The maximum absolute atomic E-state index is 12.9. The summed E-state index contributed by atoms with van der Waals surface area (Å²) in [6, 6.07) is 12.8. The number of hydrogen-bond donors (Lipinski definition) is 1. The maximum Gasteiger partial charge on any atom is 0.242 e. The van der Waals surface area contributed by atoms with Crippen LogP contribution in [0, 0.1) is 6.92 Å². The van der Waals surface area contributed by atoms with Gasteiger partial charge in [-0.25, -0.2) is 0 Å². The molecule has 0 heterocycles. The lowest BCUT2D eigenvalue weighted by Crippen LogP contribution is -2.47. The topological polar surface area (TPSA) is 49.4 Å². The van der Waals surface area contributed by atoms with Gasteiger partial charge in [-0.15, -0.1) is 11.8 Å². The third-order valence-electron chi connectivity index (χ3n) is 4.38. The van der Waals surface area contributed by atoms with Crippen molar-refractivity contribution in [1.82, 2.24) is 10.2 Å². The average molecular weight is 439 g/mol. The van der Waals surface area contributed by atoms with E-state index in [1.165, 1.54) is 17.3 Å². The number of likely N-dealkylation sites (N-methyl/N-ethyl adjacent to an activating group) is 1. The van der Waals surface area contributed by atoms with Crippen molar-refractivity contribution in [3.05, 3.63) is 69.2 Å². The molecule has 1 N–H and O–H groups in total. The first-order valence-corrected chi connectivity index (χ1v) is 10.8. The Kier molecular flexibility index (Phi) is 8.67. The van der Waals surface area contributed by atoms with Crippen LogP contribution < -0.4 is 5.32 Å². The molecule has 0 aliphatic rings. The molecular formula is C21H24Cl2N2O2S. The van der Waals surface area contributed by atoms with Crippen molar-refractivity contribution >= 4 is 46.8 Å². The Morgan fingerprint density at radius 1 is 1.14 bits per heavy atom. The van der Waals surface area contributed by atoms with Crippen LogP contribution in [0.15, 0.2) is 42.5 Å². The molecule has 4 nitrogen and oxygen atoms in total. The molecule has 0 spiro atoms. The van der Waals surface area contributed by atoms with Gasteiger partial charge in [0.25, 0.3) is 0 Å². The van der Waals surface area contributed by atoms with Gasteiger partial charge in [0.05, 0.1) is 5.75 Å². The highest BCUT2D eigenvalue weighted by Crippen LogP contribution is 2.24. The van der Waals surface area contributed by atoms with Crippen molar-refractivity contribution in [3.63, 3.8) is 0 Å². The molecule has 0 radical (unpaired) electrons. The summed E-state index contributed by atoms with van der Waals surface area (Å²) in [5.41, 5.74) is 3.11. The van der Waals surface area contributed by atoms with Crippen LogP contribution in [0.5, 0.6) is 0 Å². The quantitative estimate of drug-likeness (QED) is 0.649. The number of amides is 2. The third kappa shape index (κ3) is 6.43. The summed E-state index contributed by atoms with van der Waals surface area (Å²) < 4.78 is 0. The highest BCUT2D eigenvalue weighted by Gasteiger charge is 2.26. The number of nitrogens with one attached hydrogen (secondary N) is 1. The number of halogens is 2. The second-order valence-corrected chi connectivity index (χ2v) is 8.36. The number of aryl methyl sites for hydroxylation is 1. The Bertz CT molecular complexity index is 828. The lowest BCUT2D eigenvalue weighted by atomic mass is 10.1. The van der Waals surface area contributed by atoms with Gasteiger partial charge in [0.15, 0.2) is 0 Å². The average Bonchev–Trinajstić information content (AvgIpc) is 2.67. The molecule has 0 bridgehead atoms. The zero-order valence-corrected chi connectivity index (χ0v) is 18.5. The van der Waals surface area contributed by atoms with Crippen LogP contribution in [0.3, 0.4) is 0 Å². The van der Waals surface area contributed by atoms with E-state index in [1.807, 2.05) is 6.92 Å². The van der Waals surface area contributed by atoms with E-state index in [-0.39, 0.29) is 24.1 Å². The van der Waals surface area contributed by atoms with Gasteiger partial charge in [0.2, 0.25) is 11.8 Å². The van der Waals surface area contributed by atoms with E-state index in [9.17, 15) is 9.59 Å². The number of thioether (sulfide) groups is 1. The zero-order chi connectivity index (χ0) is 20.7. The van der Waals surface area contributed by atoms with Crippen molar-refractivity contribution in [2.75, 3.05) is 12.8 Å². The number of hydrogen-bond acceptors (Lipinski definition) is 3. The van der Waals surface area contributed by atoms with Crippen LogP contribution in [0.2, 0.25) is 10.0 Å². The third-order valence-corrected chi connectivity index (χ3v) is 5.96.